The minimum absolute atomic E-state index is 0.00516. The topological polar surface area (TPSA) is 70.7 Å². The van der Waals surface area contributed by atoms with Crippen molar-refractivity contribution in [2.75, 3.05) is 51.3 Å². The van der Waals surface area contributed by atoms with E-state index in [-0.39, 0.29) is 18.2 Å². The number of ether oxygens (including phenoxy) is 1. The van der Waals surface area contributed by atoms with Crippen LogP contribution in [0.5, 0.6) is 0 Å². The van der Waals surface area contributed by atoms with Gasteiger partial charge in [0.25, 0.3) is 0 Å². The van der Waals surface area contributed by atoms with Crippen molar-refractivity contribution in [3.05, 3.63) is 51.9 Å². The Kier molecular flexibility index (Phi) is 7.28. The van der Waals surface area contributed by atoms with Gasteiger partial charge in [-0.3, -0.25) is 14.5 Å². The number of rotatable bonds is 8. The number of amides is 1. The van der Waals surface area contributed by atoms with E-state index in [1.165, 1.54) is 4.88 Å². The van der Waals surface area contributed by atoms with Crippen molar-refractivity contribution in [1.29, 1.82) is 0 Å². The number of thiophene rings is 1. The van der Waals surface area contributed by atoms with Gasteiger partial charge in [-0.25, -0.2) is 0 Å². The summed E-state index contributed by atoms with van der Waals surface area (Å²) in [7, 11) is 0. The van der Waals surface area contributed by atoms with Crippen LogP contribution in [0.25, 0.3) is 0 Å². The van der Waals surface area contributed by atoms with Gasteiger partial charge in [0.2, 0.25) is 5.91 Å². The van der Waals surface area contributed by atoms with Crippen LogP contribution in [0.2, 0.25) is 0 Å². The number of hydrogen-bond donors (Lipinski definition) is 2. The van der Waals surface area contributed by atoms with Crippen LogP contribution in [0.3, 0.4) is 0 Å². The van der Waals surface area contributed by atoms with Crippen molar-refractivity contribution in [1.82, 2.24) is 10.2 Å². The van der Waals surface area contributed by atoms with Gasteiger partial charge in [-0.1, -0.05) is 30.3 Å². The lowest BCUT2D eigenvalue weighted by molar-refractivity contribution is -0.115. The highest BCUT2D eigenvalue weighted by molar-refractivity contribution is 7.17. The van der Waals surface area contributed by atoms with E-state index in [4.69, 9.17) is 4.74 Å². The third kappa shape index (κ3) is 5.16. The first-order chi connectivity index (χ1) is 14.7. The molecule has 2 heterocycles. The van der Waals surface area contributed by atoms with Gasteiger partial charge in [0.1, 0.15) is 5.00 Å². The summed E-state index contributed by atoms with van der Waals surface area (Å²) in [6.45, 7) is 5.35. The zero-order valence-corrected chi connectivity index (χ0v) is 18.1. The van der Waals surface area contributed by atoms with E-state index in [1.54, 1.807) is 11.3 Å². The van der Waals surface area contributed by atoms with Crippen molar-refractivity contribution in [3.63, 3.8) is 0 Å². The predicted molar refractivity (Wildman–Crippen MR) is 120 cm³/mol. The van der Waals surface area contributed by atoms with E-state index in [0.29, 0.717) is 16.1 Å². The average molecular weight is 428 g/mol. The van der Waals surface area contributed by atoms with Crippen molar-refractivity contribution in [2.24, 2.45) is 0 Å². The van der Waals surface area contributed by atoms with Crippen molar-refractivity contribution < 1.29 is 14.3 Å². The summed E-state index contributed by atoms with van der Waals surface area (Å²) in [5.41, 5.74) is 2.50. The highest BCUT2D eigenvalue weighted by Gasteiger charge is 2.26. The first kappa shape index (κ1) is 21.2. The lowest BCUT2D eigenvalue weighted by Gasteiger charge is -2.26. The molecule has 1 fully saturated rings. The van der Waals surface area contributed by atoms with Crippen LogP contribution in [0.4, 0.5) is 5.00 Å². The third-order valence-corrected chi connectivity index (χ3v) is 6.89. The minimum Gasteiger partial charge on any atom is -0.379 e. The van der Waals surface area contributed by atoms with E-state index >= 15 is 0 Å². The largest absolute Gasteiger partial charge is 0.379 e. The number of benzene rings is 1. The molecule has 0 bridgehead atoms. The number of hydrogen-bond acceptors (Lipinski definition) is 6. The van der Waals surface area contributed by atoms with Crippen LogP contribution in [-0.2, 0) is 22.4 Å². The normalized spacial score (nSPS) is 16.8. The van der Waals surface area contributed by atoms with Gasteiger partial charge in [0.15, 0.2) is 5.78 Å². The third-order valence-electron chi connectivity index (χ3n) is 5.68. The van der Waals surface area contributed by atoms with Crippen molar-refractivity contribution in [3.8, 4) is 0 Å². The molecule has 0 radical (unpaired) electrons. The van der Waals surface area contributed by atoms with E-state index in [9.17, 15) is 9.59 Å². The Morgan fingerprint density at radius 3 is 2.63 bits per heavy atom. The maximum absolute atomic E-state index is 13.2. The van der Waals surface area contributed by atoms with Gasteiger partial charge in [-0.2, -0.15) is 0 Å². The lowest BCUT2D eigenvalue weighted by atomic mass is 9.92. The summed E-state index contributed by atoms with van der Waals surface area (Å²) in [5, 5.41) is 6.94. The molecule has 1 aromatic carbocycles. The van der Waals surface area contributed by atoms with E-state index < -0.39 is 0 Å². The summed E-state index contributed by atoms with van der Waals surface area (Å²) in [6, 6.07) is 9.35. The number of nitrogens with zero attached hydrogens (tertiary/aromatic N) is 1. The molecule has 0 spiro atoms. The Morgan fingerprint density at radius 2 is 1.83 bits per heavy atom. The highest BCUT2D eigenvalue weighted by Crippen LogP contribution is 2.39. The highest BCUT2D eigenvalue weighted by atomic mass is 32.1. The van der Waals surface area contributed by atoms with Gasteiger partial charge in [-0.15, -0.1) is 11.3 Å². The second-order valence-corrected chi connectivity index (χ2v) is 8.89. The second kappa shape index (κ2) is 10.3. The molecule has 1 amide bonds. The number of carbonyl (C=O) groups is 2. The fraction of sp³-hybridized carbons (Fsp3) is 0.478. The molecule has 2 N–H and O–H groups in total. The number of ketones is 1. The molecule has 1 aromatic heterocycles. The zero-order valence-electron chi connectivity index (χ0n) is 17.2. The minimum atomic E-state index is -0.0994. The number of anilines is 1. The second-order valence-electron chi connectivity index (χ2n) is 7.79. The number of nitrogens with one attached hydrogen (secondary N) is 2. The van der Waals surface area contributed by atoms with Crippen LogP contribution >= 0.6 is 11.3 Å². The van der Waals surface area contributed by atoms with E-state index in [2.05, 4.69) is 15.5 Å². The Hall–Kier alpha value is -2.06. The van der Waals surface area contributed by atoms with Crippen LogP contribution in [0.1, 0.15) is 39.2 Å². The van der Waals surface area contributed by atoms with Crippen molar-refractivity contribution >= 4 is 28.0 Å². The SMILES string of the molecule is O=C(CNCCN1CCOCC1)Nc1sc2c(c1C(=O)c1ccccc1)CCCC2. The number of morpholine rings is 1. The smallest absolute Gasteiger partial charge is 0.238 e. The number of aryl methyl sites for hydroxylation is 1. The fourth-order valence-electron chi connectivity index (χ4n) is 4.06. The summed E-state index contributed by atoms with van der Waals surface area (Å²) in [6.07, 6.45) is 4.13. The molecule has 30 heavy (non-hydrogen) atoms. The molecule has 4 rings (SSSR count). The summed E-state index contributed by atoms with van der Waals surface area (Å²) >= 11 is 1.57. The molecule has 1 saturated heterocycles. The monoisotopic (exact) mass is 427 g/mol. The standard InChI is InChI=1S/C23H29N3O3S/c27-20(16-24-10-11-26-12-14-29-15-13-26)25-23-21(18-8-4-5-9-19(18)30-23)22(28)17-6-2-1-3-7-17/h1-3,6-7,24H,4-5,8-16H2,(H,25,27). The predicted octanol–water partition coefficient (Wildman–Crippen LogP) is 2.72. The Morgan fingerprint density at radius 1 is 1.07 bits per heavy atom. The Labute approximate surface area is 181 Å². The molecule has 7 heteroatoms. The molecule has 6 nitrogen and oxygen atoms in total. The molecule has 0 atom stereocenters. The summed E-state index contributed by atoms with van der Waals surface area (Å²) in [4.78, 5) is 29.4. The van der Waals surface area contributed by atoms with Gasteiger partial charge in [0.05, 0.1) is 25.3 Å². The number of carbonyl (C=O) groups excluding carboxylic acids is 2. The quantitative estimate of drug-likeness (QED) is 0.501. The van der Waals surface area contributed by atoms with E-state index in [0.717, 1.165) is 70.6 Å². The fourth-order valence-corrected chi connectivity index (χ4v) is 5.37. The maximum atomic E-state index is 13.2. The summed E-state index contributed by atoms with van der Waals surface area (Å²) < 4.78 is 5.35. The first-order valence-corrected chi connectivity index (χ1v) is 11.6. The van der Waals surface area contributed by atoms with Gasteiger partial charge in [-0.05, 0) is 31.2 Å². The maximum Gasteiger partial charge on any atom is 0.238 e. The van der Waals surface area contributed by atoms with Crippen LogP contribution < -0.4 is 10.6 Å². The molecule has 1 aliphatic carbocycles. The molecular formula is C23H29N3O3S. The van der Waals surface area contributed by atoms with Crippen LogP contribution in [0.15, 0.2) is 30.3 Å². The number of fused-ring (bicyclic) bond motifs is 1. The average Bonchev–Trinajstić information content (AvgIpc) is 3.15. The van der Waals surface area contributed by atoms with Gasteiger partial charge >= 0.3 is 0 Å². The van der Waals surface area contributed by atoms with Crippen LogP contribution in [0, 0.1) is 0 Å². The Balaban J connectivity index is 1.40. The van der Waals surface area contributed by atoms with Crippen molar-refractivity contribution in [2.45, 2.75) is 25.7 Å². The molecule has 2 aliphatic rings. The molecule has 0 saturated carbocycles. The van der Waals surface area contributed by atoms with Gasteiger partial charge < -0.3 is 15.4 Å². The first-order valence-electron chi connectivity index (χ1n) is 10.8. The summed E-state index contributed by atoms with van der Waals surface area (Å²) in [5.74, 6) is -0.0942. The Bertz CT molecular complexity index is 875. The molecule has 2 aromatic rings. The molecule has 0 unspecified atom stereocenters. The zero-order chi connectivity index (χ0) is 20.8. The lowest BCUT2D eigenvalue weighted by Crippen LogP contribution is -2.41. The van der Waals surface area contributed by atoms with Gasteiger partial charge in [0, 0.05) is 36.6 Å². The molecular weight excluding hydrogens is 398 g/mol. The van der Waals surface area contributed by atoms with Crippen LogP contribution in [-0.4, -0.2) is 62.5 Å². The molecule has 1 aliphatic heterocycles. The van der Waals surface area contributed by atoms with E-state index in [1.807, 2.05) is 30.3 Å². The molecule has 160 valence electrons.